The molecule has 0 amide bonds. The van der Waals surface area contributed by atoms with Crippen LogP contribution in [0, 0.1) is 5.82 Å². The van der Waals surface area contributed by atoms with Gasteiger partial charge in [0.2, 0.25) is 5.28 Å². The van der Waals surface area contributed by atoms with Crippen molar-refractivity contribution in [1.29, 1.82) is 0 Å². The lowest BCUT2D eigenvalue weighted by atomic mass is 10.2. The topological polar surface area (TPSA) is 55.0 Å². The van der Waals surface area contributed by atoms with Crippen LogP contribution in [0.1, 0.15) is 10.4 Å². The second kappa shape index (κ2) is 3.51. The number of hydrogen-bond acceptors (Lipinski definition) is 3. The third-order valence-corrected chi connectivity index (χ3v) is 2.11. The van der Waals surface area contributed by atoms with Gasteiger partial charge in [-0.05, 0) is 23.7 Å². The number of hydrogen-bond donors (Lipinski definition) is 1. The van der Waals surface area contributed by atoms with E-state index in [0.717, 1.165) is 6.07 Å². The minimum Gasteiger partial charge on any atom is -0.465 e. The molecule has 0 aliphatic rings. The maximum atomic E-state index is 13.1. The van der Waals surface area contributed by atoms with Crippen LogP contribution in [0.4, 0.5) is 4.39 Å². The zero-order chi connectivity index (χ0) is 11.0. The number of aromatic nitrogens is 2. The number of ether oxygens (including phenoxy) is 1. The van der Waals surface area contributed by atoms with Crippen LogP contribution in [0.25, 0.3) is 11.0 Å². The van der Waals surface area contributed by atoms with Gasteiger partial charge >= 0.3 is 5.97 Å². The molecule has 78 valence electrons. The molecule has 1 N–H and O–H groups in total. The van der Waals surface area contributed by atoms with Gasteiger partial charge in [-0.2, -0.15) is 0 Å². The van der Waals surface area contributed by atoms with Crippen molar-refractivity contribution in [3.8, 4) is 0 Å². The summed E-state index contributed by atoms with van der Waals surface area (Å²) in [5.41, 5.74) is 0.712. The molecule has 1 aromatic heterocycles. The Balaban J connectivity index is 2.75. The number of carbonyl (C=O) groups excluding carboxylic acids is 1. The number of esters is 1. The minimum atomic E-state index is -0.650. The number of benzene rings is 1. The summed E-state index contributed by atoms with van der Waals surface area (Å²) in [6, 6.07) is 2.27. The zero-order valence-corrected chi connectivity index (χ0v) is 8.43. The van der Waals surface area contributed by atoms with Gasteiger partial charge in [0.15, 0.2) is 0 Å². The summed E-state index contributed by atoms with van der Waals surface area (Å²) < 4.78 is 17.6. The molecule has 0 unspecified atom stereocenters. The fourth-order valence-electron chi connectivity index (χ4n) is 1.32. The number of nitrogens with one attached hydrogen (secondary N) is 1. The molecule has 4 nitrogen and oxygen atoms in total. The Morgan fingerprint density at radius 1 is 1.60 bits per heavy atom. The van der Waals surface area contributed by atoms with E-state index in [1.807, 2.05) is 0 Å². The average molecular weight is 229 g/mol. The first-order valence-electron chi connectivity index (χ1n) is 4.05. The molecule has 1 aromatic carbocycles. The maximum absolute atomic E-state index is 13.1. The van der Waals surface area contributed by atoms with Gasteiger partial charge in [-0.25, -0.2) is 14.2 Å². The van der Waals surface area contributed by atoms with Crippen molar-refractivity contribution in [3.05, 3.63) is 28.8 Å². The molecule has 0 radical (unpaired) electrons. The molecule has 0 atom stereocenters. The van der Waals surface area contributed by atoms with Crippen LogP contribution in [0.15, 0.2) is 12.1 Å². The number of halogens is 2. The van der Waals surface area contributed by atoms with Crippen molar-refractivity contribution in [1.82, 2.24) is 9.97 Å². The Bertz CT molecular complexity index is 538. The van der Waals surface area contributed by atoms with Crippen LogP contribution in [-0.4, -0.2) is 23.0 Å². The Morgan fingerprint density at radius 3 is 3.00 bits per heavy atom. The summed E-state index contributed by atoms with van der Waals surface area (Å²) in [6.07, 6.45) is 0. The fourth-order valence-corrected chi connectivity index (χ4v) is 1.50. The van der Waals surface area contributed by atoms with Gasteiger partial charge in [0.05, 0.1) is 18.2 Å². The number of carbonyl (C=O) groups is 1. The molecule has 0 saturated heterocycles. The van der Waals surface area contributed by atoms with Crippen LogP contribution < -0.4 is 0 Å². The number of imidazole rings is 1. The van der Waals surface area contributed by atoms with Crippen molar-refractivity contribution in [2.75, 3.05) is 7.11 Å². The van der Waals surface area contributed by atoms with E-state index in [4.69, 9.17) is 11.6 Å². The highest BCUT2D eigenvalue weighted by Crippen LogP contribution is 2.21. The molecular formula is C9H6ClFN2O2. The standard InChI is InChI=1S/C9H6ClFN2O2/c1-15-8(14)5-2-4(11)3-6-7(5)13-9(10)12-6/h2-3H,1H3,(H,12,13). The van der Waals surface area contributed by atoms with E-state index >= 15 is 0 Å². The lowest BCUT2D eigenvalue weighted by molar-refractivity contribution is 0.0602. The van der Waals surface area contributed by atoms with Crippen molar-refractivity contribution >= 4 is 28.6 Å². The third kappa shape index (κ3) is 1.66. The SMILES string of the molecule is COC(=O)c1cc(F)cc2[nH]c(Cl)nc12. The highest BCUT2D eigenvalue weighted by molar-refractivity contribution is 6.29. The first kappa shape index (κ1) is 9.92. The van der Waals surface area contributed by atoms with Gasteiger partial charge in [0.1, 0.15) is 11.3 Å². The van der Waals surface area contributed by atoms with E-state index < -0.39 is 11.8 Å². The molecule has 15 heavy (non-hydrogen) atoms. The van der Waals surface area contributed by atoms with Crippen LogP contribution in [-0.2, 0) is 4.74 Å². The molecule has 0 saturated carbocycles. The Kier molecular flexibility index (Phi) is 2.32. The highest BCUT2D eigenvalue weighted by atomic mass is 35.5. The van der Waals surface area contributed by atoms with Crippen LogP contribution in [0.5, 0.6) is 0 Å². The number of nitrogens with zero attached hydrogens (tertiary/aromatic N) is 1. The van der Waals surface area contributed by atoms with Gasteiger partial charge in [-0.15, -0.1) is 0 Å². The lowest BCUT2D eigenvalue weighted by Crippen LogP contribution is -2.02. The molecule has 0 aliphatic heterocycles. The van der Waals surface area contributed by atoms with Crippen molar-refractivity contribution < 1.29 is 13.9 Å². The molecule has 0 bridgehead atoms. The van der Waals surface area contributed by atoms with E-state index in [9.17, 15) is 9.18 Å². The summed E-state index contributed by atoms with van der Waals surface area (Å²) in [7, 11) is 1.22. The lowest BCUT2D eigenvalue weighted by Gasteiger charge is -1.99. The third-order valence-electron chi connectivity index (χ3n) is 1.93. The summed E-state index contributed by atoms with van der Waals surface area (Å²) >= 11 is 5.61. The number of H-pyrrole nitrogens is 1. The molecule has 2 aromatic rings. The summed E-state index contributed by atoms with van der Waals surface area (Å²) in [5.74, 6) is -1.20. The van der Waals surface area contributed by atoms with Crippen molar-refractivity contribution in [3.63, 3.8) is 0 Å². The normalized spacial score (nSPS) is 10.6. The van der Waals surface area contributed by atoms with Crippen molar-refractivity contribution in [2.24, 2.45) is 0 Å². The molecule has 0 aliphatic carbocycles. The van der Waals surface area contributed by atoms with Crippen LogP contribution in [0.2, 0.25) is 5.28 Å². The molecular weight excluding hydrogens is 223 g/mol. The smallest absolute Gasteiger partial charge is 0.340 e. The average Bonchev–Trinajstić information content (AvgIpc) is 2.55. The molecule has 2 rings (SSSR count). The maximum Gasteiger partial charge on any atom is 0.340 e. The van der Waals surface area contributed by atoms with Gasteiger partial charge in [0, 0.05) is 0 Å². The summed E-state index contributed by atoms with van der Waals surface area (Å²) in [5, 5.41) is 0.0979. The summed E-state index contributed by atoms with van der Waals surface area (Å²) in [6.45, 7) is 0. The van der Waals surface area contributed by atoms with Gasteiger partial charge < -0.3 is 9.72 Å². The van der Waals surface area contributed by atoms with Crippen molar-refractivity contribution in [2.45, 2.75) is 0 Å². The van der Waals surface area contributed by atoms with Gasteiger partial charge in [-0.1, -0.05) is 0 Å². The largest absolute Gasteiger partial charge is 0.465 e. The number of fused-ring (bicyclic) bond motifs is 1. The van der Waals surface area contributed by atoms with E-state index in [-0.39, 0.29) is 10.8 Å². The van der Waals surface area contributed by atoms with Gasteiger partial charge in [0.25, 0.3) is 0 Å². The first-order valence-corrected chi connectivity index (χ1v) is 4.42. The van der Waals surface area contributed by atoms with Crippen LogP contribution >= 0.6 is 11.6 Å². The molecule has 6 heteroatoms. The molecule has 0 spiro atoms. The fraction of sp³-hybridized carbons (Fsp3) is 0.111. The molecule has 1 heterocycles. The Labute approximate surface area is 89.0 Å². The second-order valence-corrected chi connectivity index (χ2v) is 3.23. The Morgan fingerprint density at radius 2 is 2.33 bits per heavy atom. The predicted octanol–water partition coefficient (Wildman–Crippen LogP) is 2.14. The predicted molar refractivity (Wildman–Crippen MR) is 52.4 cm³/mol. The number of rotatable bonds is 1. The van der Waals surface area contributed by atoms with E-state index in [0.29, 0.717) is 11.0 Å². The van der Waals surface area contributed by atoms with Gasteiger partial charge in [-0.3, -0.25) is 0 Å². The summed E-state index contributed by atoms with van der Waals surface area (Å²) in [4.78, 5) is 17.8. The number of methoxy groups -OCH3 is 1. The minimum absolute atomic E-state index is 0.0515. The quantitative estimate of drug-likeness (QED) is 0.761. The Hall–Kier alpha value is -1.62. The molecule has 0 fully saturated rings. The van der Waals surface area contributed by atoms with E-state index in [1.165, 1.54) is 13.2 Å². The first-order chi connectivity index (χ1) is 7.11. The van der Waals surface area contributed by atoms with E-state index in [2.05, 4.69) is 14.7 Å². The van der Waals surface area contributed by atoms with E-state index in [1.54, 1.807) is 0 Å². The highest BCUT2D eigenvalue weighted by Gasteiger charge is 2.15. The van der Waals surface area contributed by atoms with Crippen LogP contribution in [0.3, 0.4) is 0 Å². The monoisotopic (exact) mass is 228 g/mol. The second-order valence-electron chi connectivity index (χ2n) is 2.87. The number of aromatic amines is 1. The zero-order valence-electron chi connectivity index (χ0n) is 7.67.